The first-order chi connectivity index (χ1) is 15.7. The Morgan fingerprint density at radius 1 is 1.06 bits per heavy atom. The molecule has 2 saturated heterocycles. The Morgan fingerprint density at radius 3 is 2.62 bits per heavy atom. The van der Waals surface area contributed by atoms with E-state index in [-0.39, 0.29) is 24.0 Å². The molecule has 1 aromatic carbocycles. The number of benzene rings is 1. The van der Waals surface area contributed by atoms with Crippen molar-refractivity contribution in [2.75, 3.05) is 32.7 Å². The number of thiazole rings is 1. The van der Waals surface area contributed by atoms with E-state index < -0.39 is 0 Å². The Hall–Kier alpha value is -2.71. The highest BCUT2D eigenvalue weighted by Crippen LogP contribution is 2.26. The minimum absolute atomic E-state index is 0.0198. The number of aromatic nitrogens is 3. The smallest absolute Gasteiger partial charge is 0.236 e. The molecule has 7 nitrogen and oxygen atoms in total. The molecule has 3 aromatic rings. The van der Waals surface area contributed by atoms with Crippen LogP contribution in [0.25, 0.3) is 21.3 Å². The van der Waals surface area contributed by atoms with E-state index >= 15 is 0 Å². The van der Waals surface area contributed by atoms with Gasteiger partial charge in [-0.3, -0.25) is 19.5 Å². The van der Waals surface area contributed by atoms with Crippen LogP contribution in [0, 0.1) is 5.92 Å². The maximum absolute atomic E-state index is 12.9. The lowest BCUT2D eigenvalue weighted by Crippen LogP contribution is -2.44. The maximum Gasteiger partial charge on any atom is 0.236 e. The fourth-order valence-electron chi connectivity index (χ4n) is 4.64. The molecule has 4 heterocycles. The lowest BCUT2D eigenvalue weighted by atomic mass is 9.90. The lowest BCUT2D eigenvalue weighted by molar-refractivity contribution is -0.135. The Bertz CT molecular complexity index is 1100. The van der Waals surface area contributed by atoms with Gasteiger partial charge >= 0.3 is 0 Å². The highest BCUT2D eigenvalue weighted by Gasteiger charge is 2.28. The van der Waals surface area contributed by atoms with E-state index in [9.17, 15) is 9.59 Å². The van der Waals surface area contributed by atoms with Crippen LogP contribution < -0.4 is 0 Å². The van der Waals surface area contributed by atoms with Crippen molar-refractivity contribution in [3.63, 3.8) is 0 Å². The molecule has 0 spiro atoms. The number of rotatable bonds is 6. The second-order valence-corrected chi connectivity index (χ2v) is 9.59. The van der Waals surface area contributed by atoms with Crippen LogP contribution in [0.1, 0.15) is 31.5 Å². The van der Waals surface area contributed by atoms with Crippen LogP contribution in [0.15, 0.2) is 36.1 Å². The highest BCUT2D eigenvalue weighted by atomic mass is 32.1. The molecule has 2 aliphatic heterocycles. The number of ketones is 1. The molecule has 166 valence electrons. The summed E-state index contributed by atoms with van der Waals surface area (Å²) in [6.45, 7) is 3.91. The van der Waals surface area contributed by atoms with Crippen LogP contribution in [-0.4, -0.2) is 69.2 Å². The van der Waals surface area contributed by atoms with E-state index in [1.54, 1.807) is 17.5 Å². The number of fused-ring (bicyclic) bond motifs is 1. The second-order valence-electron chi connectivity index (χ2n) is 8.71. The summed E-state index contributed by atoms with van der Waals surface area (Å²) in [5.74, 6) is 0.923. The first kappa shape index (κ1) is 21.2. The zero-order valence-corrected chi connectivity index (χ0v) is 18.9. The van der Waals surface area contributed by atoms with E-state index in [2.05, 4.69) is 19.9 Å². The van der Waals surface area contributed by atoms with E-state index in [1.807, 2.05) is 34.8 Å². The molecular formula is C24H27N5O2S. The molecule has 0 saturated carbocycles. The highest BCUT2D eigenvalue weighted by molar-refractivity contribution is 7.13. The third-order valence-corrected chi connectivity index (χ3v) is 7.36. The first-order valence-electron chi connectivity index (χ1n) is 11.3. The molecule has 0 bridgehead atoms. The van der Waals surface area contributed by atoms with Crippen molar-refractivity contribution < 1.29 is 9.59 Å². The maximum atomic E-state index is 12.9. The van der Waals surface area contributed by atoms with Gasteiger partial charge in [-0.25, -0.2) is 9.97 Å². The van der Waals surface area contributed by atoms with Crippen LogP contribution in [0.3, 0.4) is 0 Å². The van der Waals surface area contributed by atoms with E-state index in [1.165, 1.54) is 12.8 Å². The third-order valence-electron chi connectivity index (χ3n) is 6.54. The summed E-state index contributed by atoms with van der Waals surface area (Å²) in [5.41, 5.74) is 3.73. The molecule has 32 heavy (non-hydrogen) atoms. The molecule has 8 heteroatoms. The molecule has 2 fully saturated rings. The number of carbonyl (C=O) groups excluding carboxylic acids is 2. The Morgan fingerprint density at radius 2 is 1.88 bits per heavy atom. The average molecular weight is 450 g/mol. The molecule has 0 unspecified atom stereocenters. The molecule has 0 atom stereocenters. The van der Waals surface area contributed by atoms with Gasteiger partial charge < -0.3 is 4.90 Å². The number of nitrogens with zero attached hydrogens (tertiary/aromatic N) is 5. The van der Waals surface area contributed by atoms with E-state index in [0.717, 1.165) is 47.3 Å². The fourth-order valence-corrected chi connectivity index (χ4v) is 5.26. The largest absolute Gasteiger partial charge is 0.342 e. The topological polar surface area (TPSA) is 79.3 Å². The number of likely N-dealkylation sites (tertiary alicyclic amines) is 2. The zero-order valence-electron chi connectivity index (χ0n) is 18.1. The van der Waals surface area contributed by atoms with Gasteiger partial charge in [0.05, 0.1) is 28.9 Å². The number of hydrogen-bond donors (Lipinski definition) is 0. The Balaban J connectivity index is 1.19. The first-order valence-corrected chi connectivity index (χ1v) is 12.2. The van der Waals surface area contributed by atoms with Crippen LogP contribution in [0.4, 0.5) is 0 Å². The monoisotopic (exact) mass is 449 g/mol. The summed E-state index contributed by atoms with van der Waals surface area (Å²) in [6, 6.07) is 6.08. The predicted molar refractivity (Wildman–Crippen MR) is 124 cm³/mol. The number of piperidine rings is 1. The Labute approximate surface area is 191 Å². The van der Waals surface area contributed by atoms with Crippen LogP contribution in [0.2, 0.25) is 0 Å². The summed E-state index contributed by atoms with van der Waals surface area (Å²) in [6.07, 6.45) is 7.72. The summed E-state index contributed by atoms with van der Waals surface area (Å²) in [5, 5.41) is 0.958. The van der Waals surface area contributed by atoms with Crippen LogP contribution in [0.5, 0.6) is 0 Å². The molecule has 2 aliphatic rings. The zero-order chi connectivity index (χ0) is 21.9. The molecule has 0 aliphatic carbocycles. The fraction of sp³-hybridized carbons (Fsp3) is 0.458. The normalized spacial score (nSPS) is 17.8. The summed E-state index contributed by atoms with van der Waals surface area (Å²) >= 11 is 1.59. The van der Waals surface area contributed by atoms with Gasteiger partial charge in [0.2, 0.25) is 5.91 Å². The van der Waals surface area contributed by atoms with Gasteiger partial charge in [-0.2, -0.15) is 0 Å². The number of hydrogen-bond acceptors (Lipinski definition) is 7. The van der Waals surface area contributed by atoms with Crippen molar-refractivity contribution in [2.45, 2.75) is 32.1 Å². The van der Waals surface area contributed by atoms with Crippen molar-refractivity contribution in [3.8, 4) is 10.4 Å². The molecule has 1 amide bonds. The van der Waals surface area contributed by atoms with Crippen molar-refractivity contribution >= 4 is 33.9 Å². The number of amides is 1. The SMILES string of the molecule is O=C(Cc1ncc2ccc(-c3cncs3)cc2n1)C1CCN(C(=O)CN2CCCC2)CC1. The van der Waals surface area contributed by atoms with Gasteiger partial charge in [0.15, 0.2) is 0 Å². The molecular weight excluding hydrogens is 422 g/mol. The minimum atomic E-state index is -0.0198. The summed E-state index contributed by atoms with van der Waals surface area (Å²) in [4.78, 5) is 43.9. The van der Waals surface area contributed by atoms with Gasteiger partial charge in [0.25, 0.3) is 0 Å². The summed E-state index contributed by atoms with van der Waals surface area (Å²) < 4.78 is 0. The van der Waals surface area contributed by atoms with E-state index in [0.29, 0.717) is 25.5 Å². The third kappa shape index (κ3) is 4.71. The minimum Gasteiger partial charge on any atom is -0.342 e. The van der Waals surface area contributed by atoms with Crippen molar-refractivity contribution in [1.82, 2.24) is 24.8 Å². The van der Waals surface area contributed by atoms with Crippen LogP contribution in [-0.2, 0) is 16.0 Å². The lowest BCUT2D eigenvalue weighted by Gasteiger charge is -2.32. The second kappa shape index (κ2) is 9.42. The molecule has 5 rings (SSSR count). The van der Waals surface area contributed by atoms with Gasteiger partial charge in [0, 0.05) is 36.8 Å². The van der Waals surface area contributed by atoms with Crippen LogP contribution >= 0.6 is 11.3 Å². The summed E-state index contributed by atoms with van der Waals surface area (Å²) in [7, 11) is 0. The van der Waals surface area contributed by atoms with Gasteiger partial charge in [-0.15, -0.1) is 11.3 Å². The van der Waals surface area contributed by atoms with Crippen molar-refractivity contribution in [2.24, 2.45) is 5.92 Å². The predicted octanol–water partition coefficient (Wildman–Crippen LogP) is 3.20. The van der Waals surface area contributed by atoms with Crippen molar-refractivity contribution in [3.05, 3.63) is 41.9 Å². The standard InChI is InChI=1S/C24H27N5O2S/c30-21(17-5-9-29(10-6-17)24(31)15-28-7-1-2-8-28)12-23-26-13-19-4-3-18(11-20(19)27-23)22-14-25-16-32-22/h3-4,11,13-14,16-17H,1-2,5-10,12,15H2. The number of carbonyl (C=O) groups is 2. The average Bonchev–Trinajstić information content (AvgIpc) is 3.53. The molecule has 0 radical (unpaired) electrons. The van der Waals surface area contributed by atoms with Gasteiger partial charge in [-0.1, -0.05) is 12.1 Å². The van der Waals surface area contributed by atoms with Crippen molar-refractivity contribution in [1.29, 1.82) is 0 Å². The molecule has 0 N–H and O–H groups in total. The van der Waals surface area contributed by atoms with Gasteiger partial charge in [-0.05, 0) is 50.4 Å². The molecule has 2 aromatic heterocycles. The Kier molecular flexibility index (Phi) is 6.23. The van der Waals surface area contributed by atoms with E-state index in [4.69, 9.17) is 0 Å². The number of Topliss-reactive ketones (excluding diaryl/α,β-unsaturated/α-hetero) is 1. The quantitative estimate of drug-likeness (QED) is 0.575. The van der Waals surface area contributed by atoms with Gasteiger partial charge in [0.1, 0.15) is 11.6 Å².